The molecule has 0 aromatic rings. The molecule has 2 amide bonds. The maximum atomic E-state index is 12.6. The van der Waals surface area contributed by atoms with Crippen molar-refractivity contribution >= 4 is 12.0 Å². The number of amides is 2. The summed E-state index contributed by atoms with van der Waals surface area (Å²) in [5.74, 6) is -1.19. The highest BCUT2D eigenvalue weighted by Gasteiger charge is 2.39. The van der Waals surface area contributed by atoms with Crippen molar-refractivity contribution in [1.29, 1.82) is 0 Å². The number of rotatable bonds is 3. The second-order valence-electron chi connectivity index (χ2n) is 5.88. The summed E-state index contributed by atoms with van der Waals surface area (Å²) in [6.45, 7) is 7.38. The highest BCUT2D eigenvalue weighted by molar-refractivity contribution is 5.78. The third-order valence-corrected chi connectivity index (χ3v) is 4.54. The molecule has 20 heavy (non-hydrogen) atoms. The third kappa shape index (κ3) is 3.06. The quantitative estimate of drug-likeness (QED) is 0.805. The smallest absolute Gasteiger partial charge is 0.320 e. The van der Waals surface area contributed by atoms with Crippen molar-refractivity contribution in [2.24, 2.45) is 11.8 Å². The van der Waals surface area contributed by atoms with Crippen LogP contribution in [0.2, 0.25) is 0 Å². The van der Waals surface area contributed by atoms with Gasteiger partial charge in [-0.05, 0) is 38.8 Å². The third-order valence-electron chi connectivity index (χ3n) is 4.54. The summed E-state index contributed by atoms with van der Waals surface area (Å²) in [7, 11) is 0. The first-order valence-electron chi connectivity index (χ1n) is 7.53. The molecule has 0 bridgehead atoms. The number of carboxylic acids is 1. The van der Waals surface area contributed by atoms with E-state index in [4.69, 9.17) is 5.11 Å². The van der Waals surface area contributed by atoms with Crippen molar-refractivity contribution < 1.29 is 14.7 Å². The lowest BCUT2D eigenvalue weighted by molar-refractivity contribution is -0.142. The van der Waals surface area contributed by atoms with Crippen LogP contribution >= 0.6 is 0 Å². The van der Waals surface area contributed by atoms with Gasteiger partial charge in [0, 0.05) is 25.7 Å². The summed E-state index contributed by atoms with van der Waals surface area (Å²) >= 11 is 0. The standard InChI is InChI=1S/C14H25N3O3/c1-3-17(11-4-6-15-7-5-11)14(20)16-8-10(2)12(9-16)13(18)19/h10-12,15H,3-9H2,1-2H3,(H,18,19)/t10-,12-/m1/s1. The van der Waals surface area contributed by atoms with Crippen molar-refractivity contribution in [3.8, 4) is 0 Å². The zero-order valence-corrected chi connectivity index (χ0v) is 12.3. The van der Waals surface area contributed by atoms with Gasteiger partial charge in [0.05, 0.1) is 5.92 Å². The summed E-state index contributed by atoms with van der Waals surface area (Å²) in [6, 6.07) is 0.294. The van der Waals surface area contributed by atoms with Crippen molar-refractivity contribution in [3.63, 3.8) is 0 Å². The number of aliphatic carboxylic acids is 1. The number of carbonyl (C=O) groups is 2. The Labute approximate surface area is 120 Å². The molecule has 2 aliphatic rings. The van der Waals surface area contributed by atoms with E-state index in [9.17, 15) is 9.59 Å². The maximum Gasteiger partial charge on any atom is 0.320 e. The van der Waals surface area contributed by atoms with Crippen LogP contribution in [0, 0.1) is 11.8 Å². The predicted octanol–water partition coefficient (Wildman–Crippen LogP) is 0.833. The molecule has 0 spiro atoms. The molecular weight excluding hydrogens is 258 g/mol. The number of piperidine rings is 1. The van der Waals surface area contributed by atoms with Gasteiger partial charge in [-0.15, -0.1) is 0 Å². The molecule has 0 aromatic heterocycles. The number of hydrogen-bond acceptors (Lipinski definition) is 3. The highest BCUT2D eigenvalue weighted by atomic mass is 16.4. The molecule has 0 unspecified atom stereocenters. The van der Waals surface area contributed by atoms with Crippen LogP contribution in [-0.2, 0) is 4.79 Å². The normalized spacial score (nSPS) is 27.6. The minimum atomic E-state index is -0.794. The number of urea groups is 1. The zero-order chi connectivity index (χ0) is 14.7. The van der Waals surface area contributed by atoms with E-state index in [-0.39, 0.29) is 18.0 Å². The van der Waals surface area contributed by atoms with E-state index in [1.165, 1.54) is 0 Å². The number of hydrogen-bond donors (Lipinski definition) is 2. The number of nitrogens with zero attached hydrogens (tertiary/aromatic N) is 2. The molecule has 2 heterocycles. The van der Waals surface area contributed by atoms with Crippen LogP contribution in [0.1, 0.15) is 26.7 Å². The van der Waals surface area contributed by atoms with Crippen LogP contribution in [-0.4, -0.2) is 65.7 Å². The van der Waals surface area contributed by atoms with Gasteiger partial charge in [0.2, 0.25) is 0 Å². The Balaban J connectivity index is 2.00. The molecule has 2 rings (SSSR count). The van der Waals surface area contributed by atoms with Crippen LogP contribution in [0.3, 0.4) is 0 Å². The number of likely N-dealkylation sites (tertiary alicyclic amines) is 1. The van der Waals surface area contributed by atoms with Gasteiger partial charge in [-0.25, -0.2) is 4.79 Å². The molecule has 0 radical (unpaired) electrons. The Morgan fingerprint density at radius 2 is 1.95 bits per heavy atom. The zero-order valence-electron chi connectivity index (χ0n) is 12.3. The van der Waals surface area contributed by atoms with E-state index in [1.807, 2.05) is 18.7 Å². The van der Waals surface area contributed by atoms with Crippen LogP contribution in [0.4, 0.5) is 4.79 Å². The Morgan fingerprint density at radius 3 is 2.45 bits per heavy atom. The van der Waals surface area contributed by atoms with Crippen LogP contribution in [0.15, 0.2) is 0 Å². The number of carboxylic acid groups (broad SMARTS) is 1. The molecule has 114 valence electrons. The van der Waals surface area contributed by atoms with Gasteiger partial charge in [0.25, 0.3) is 0 Å². The van der Waals surface area contributed by atoms with Gasteiger partial charge in [-0.1, -0.05) is 6.92 Å². The molecule has 2 fully saturated rings. The summed E-state index contributed by atoms with van der Waals surface area (Å²) in [4.78, 5) is 27.4. The molecule has 6 nitrogen and oxygen atoms in total. The molecule has 6 heteroatoms. The Bertz CT molecular complexity index is 369. The van der Waals surface area contributed by atoms with Crippen molar-refractivity contribution in [2.75, 3.05) is 32.7 Å². The van der Waals surface area contributed by atoms with Crippen molar-refractivity contribution in [2.45, 2.75) is 32.7 Å². The minimum Gasteiger partial charge on any atom is -0.481 e. The van der Waals surface area contributed by atoms with E-state index in [0.29, 0.717) is 19.6 Å². The molecule has 2 atom stereocenters. The van der Waals surface area contributed by atoms with E-state index >= 15 is 0 Å². The van der Waals surface area contributed by atoms with E-state index in [1.54, 1.807) is 4.90 Å². The van der Waals surface area contributed by atoms with E-state index < -0.39 is 11.9 Å². The second kappa shape index (κ2) is 6.43. The second-order valence-corrected chi connectivity index (χ2v) is 5.88. The van der Waals surface area contributed by atoms with Crippen LogP contribution < -0.4 is 5.32 Å². The van der Waals surface area contributed by atoms with Gasteiger partial charge in [0.1, 0.15) is 0 Å². The molecule has 0 saturated carbocycles. The average Bonchev–Trinajstić information content (AvgIpc) is 2.83. The fraction of sp³-hybridized carbons (Fsp3) is 0.857. The molecule has 2 aliphatic heterocycles. The lowest BCUT2D eigenvalue weighted by Gasteiger charge is -2.36. The number of carbonyl (C=O) groups excluding carboxylic acids is 1. The molecule has 2 saturated heterocycles. The summed E-state index contributed by atoms with van der Waals surface area (Å²) in [5, 5.41) is 12.5. The topological polar surface area (TPSA) is 72.9 Å². The summed E-state index contributed by atoms with van der Waals surface area (Å²) in [6.07, 6.45) is 1.96. The van der Waals surface area contributed by atoms with Crippen LogP contribution in [0.5, 0.6) is 0 Å². The van der Waals surface area contributed by atoms with Gasteiger partial charge in [-0.2, -0.15) is 0 Å². The van der Waals surface area contributed by atoms with E-state index in [2.05, 4.69) is 5.32 Å². The minimum absolute atomic E-state index is 0.00926. The van der Waals surface area contributed by atoms with Crippen LogP contribution in [0.25, 0.3) is 0 Å². The fourth-order valence-corrected chi connectivity index (χ4v) is 3.29. The Kier molecular flexibility index (Phi) is 4.86. The van der Waals surface area contributed by atoms with E-state index in [0.717, 1.165) is 25.9 Å². The largest absolute Gasteiger partial charge is 0.481 e. The SMILES string of the molecule is CCN(C(=O)N1C[C@@H](C)[C@H](C(=O)O)C1)C1CCNCC1. The Hall–Kier alpha value is -1.30. The highest BCUT2D eigenvalue weighted by Crippen LogP contribution is 2.25. The first kappa shape index (κ1) is 15.1. The predicted molar refractivity (Wildman–Crippen MR) is 75.5 cm³/mol. The van der Waals surface area contributed by atoms with Crippen molar-refractivity contribution in [1.82, 2.24) is 15.1 Å². The van der Waals surface area contributed by atoms with Gasteiger partial charge in [-0.3, -0.25) is 4.79 Å². The fourth-order valence-electron chi connectivity index (χ4n) is 3.29. The van der Waals surface area contributed by atoms with Gasteiger partial charge >= 0.3 is 12.0 Å². The summed E-state index contributed by atoms with van der Waals surface area (Å²) < 4.78 is 0. The Morgan fingerprint density at radius 1 is 1.30 bits per heavy atom. The number of nitrogens with one attached hydrogen (secondary N) is 1. The molecule has 0 aliphatic carbocycles. The first-order valence-corrected chi connectivity index (χ1v) is 7.53. The molecular formula is C14H25N3O3. The monoisotopic (exact) mass is 283 g/mol. The van der Waals surface area contributed by atoms with Gasteiger partial charge < -0.3 is 20.2 Å². The molecule has 2 N–H and O–H groups in total. The maximum absolute atomic E-state index is 12.6. The lowest BCUT2D eigenvalue weighted by atomic mass is 9.99. The molecule has 0 aromatic carbocycles. The van der Waals surface area contributed by atoms with Crippen molar-refractivity contribution in [3.05, 3.63) is 0 Å². The summed E-state index contributed by atoms with van der Waals surface area (Å²) in [5.41, 5.74) is 0. The average molecular weight is 283 g/mol. The first-order chi connectivity index (χ1) is 9.54. The lowest BCUT2D eigenvalue weighted by Crippen LogP contribution is -2.50. The van der Waals surface area contributed by atoms with Gasteiger partial charge in [0.15, 0.2) is 0 Å².